The highest BCUT2D eigenvalue weighted by Crippen LogP contribution is 2.20. The summed E-state index contributed by atoms with van der Waals surface area (Å²) in [6.07, 6.45) is 4.29. The minimum absolute atomic E-state index is 0.244. The summed E-state index contributed by atoms with van der Waals surface area (Å²) in [6.45, 7) is 7.90. The number of aliphatic hydroxyl groups excluding tert-OH is 1. The molecule has 0 heterocycles. The molecule has 0 fully saturated rings. The van der Waals surface area contributed by atoms with Crippen LogP contribution in [0.2, 0.25) is 0 Å². The molecule has 14 heavy (non-hydrogen) atoms. The number of rotatable bonds is 7. The molecular weight excluding hydrogens is 176 g/mol. The van der Waals surface area contributed by atoms with Gasteiger partial charge in [-0.05, 0) is 39.0 Å². The Bertz CT molecular complexity index is 134. The zero-order chi connectivity index (χ0) is 11.2. The second kappa shape index (κ2) is 6.41. The van der Waals surface area contributed by atoms with Gasteiger partial charge >= 0.3 is 0 Å². The summed E-state index contributed by atoms with van der Waals surface area (Å²) in [5, 5.41) is 19.2. The standard InChI is InChI=1S/C12H26O2/c1-5-10(6-2)9-11(13)7-8-12(3,4)14/h10-11,13-14H,5-9H2,1-4H3. The molecule has 0 aliphatic heterocycles. The Labute approximate surface area is 88.3 Å². The van der Waals surface area contributed by atoms with E-state index in [1.165, 1.54) is 0 Å². The van der Waals surface area contributed by atoms with Crippen LogP contribution in [0, 0.1) is 5.92 Å². The summed E-state index contributed by atoms with van der Waals surface area (Å²) >= 11 is 0. The molecule has 2 N–H and O–H groups in total. The smallest absolute Gasteiger partial charge is 0.0592 e. The Kier molecular flexibility index (Phi) is 6.38. The molecule has 0 amide bonds. The van der Waals surface area contributed by atoms with Gasteiger partial charge in [-0.3, -0.25) is 0 Å². The van der Waals surface area contributed by atoms with E-state index in [-0.39, 0.29) is 6.10 Å². The molecular formula is C12H26O2. The van der Waals surface area contributed by atoms with Crippen molar-refractivity contribution in [1.29, 1.82) is 0 Å². The summed E-state index contributed by atoms with van der Waals surface area (Å²) in [5.74, 6) is 0.631. The van der Waals surface area contributed by atoms with Gasteiger partial charge in [0.15, 0.2) is 0 Å². The van der Waals surface area contributed by atoms with Gasteiger partial charge in [-0.2, -0.15) is 0 Å². The third-order valence-corrected chi connectivity index (χ3v) is 2.85. The van der Waals surface area contributed by atoms with Crippen LogP contribution < -0.4 is 0 Å². The maximum Gasteiger partial charge on any atom is 0.0592 e. The second-order valence-electron chi connectivity index (χ2n) is 4.92. The van der Waals surface area contributed by atoms with Crippen molar-refractivity contribution in [3.63, 3.8) is 0 Å². The summed E-state index contributed by atoms with van der Waals surface area (Å²) in [7, 11) is 0. The van der Waals surface area contributed by atoms with Gasteiger partial charge in [0, 0.05) is 0 Å². The van der Waals surface area contributed by atoms with Crippen LogP contribution in [-0.2, 0) is 0 Å². The highest BCUT2D eigenvalue weighted by Gasteiger charge is 2.17. The minimum Gasteiger partial charge on any atom is -0.393 e. The molecule has 2 nitrogen and oxygen atoms in total. The average molecular weight is 202 g/mol. The van der Waals surface area contributed by atoms with E-state index >= 15 is 0 Å². The first-order chi connectivity index (χ1) is 6.39. The number of aliphatic hydroxyl groups is 2. The molecule has 0 saturated carbocycles. The van der Waals surface area contributed by atoms with Gasteiger partial charge < -0.3 is 10.2 Å². The fourth-order valence-electron chi connectivity index (χ4n) is 1.64. The maximum absolute atomic E-state index is 9.73. The Balaban J connectivity index is 3.69. The van der Waals surface area contributed by atoms with Crippen LogP contribution >= 0.6 is 0 Å². The lowest BCUT2D eigenvalue weighted by molar-refractivity contribution is 0.0429. The molecule has 0 saturated heterocycles. The van der Waals surface area contributed by atoms with E-state index in [1.54, 1.807) is 13.8 Å². The summed E-state index contributed by atoms with van der Waals surface area (Å²) in [4.78, 5) is 0. The van der Waals surface area contributed by atoms with E-state index in [2.05, 4.69) is 13.8 Å². The van der Waals surface area contributed by atoms with E-state index in [4.69, 9.17) is 0 Å². The molecule has 0 radical (unpaired) electrons. The number of hydrogen-bond donors (Lipinski definition) is 2. The Morgan fingerprint density at radius 3 is 2.00 bits per heavy atom. The number of hydrogen-bond acceptors (Lipinski definition) is 2. The van der Waals surface area contributed by atoms with Crippen LogP contribution in [0.15, 0.2) is 0 Å². The largest absolute Gasteiger partial charge is 0.393 e. The lowest BCUT2D eigenvalue weighted by Crippen LogP contribution is -2.22. The van der Waals surface area contributed by atoms with Gasteiger partial charge in [0.05, 0.1) is 11.7 Å². The van der Waals surface area contributed by atoms with Crippen molar-refractivity contribution in [1.82, 2.24) is 0 Å². The van der Waals surface area contributed by atoms with Gasteiger partial charge in [-0.1, -0.05) is 26.7 Å². The van der Waals surface area contributed by atoms with Crippen LogP contribution in [-0.4, -0.2) is 21.9 Å². The molecule has 0 bridgehead atoms. The van der Waals surface area contributed by atoms with Crippen molar-refractivity contribution in [2.75, 3.05) is 0 Å². The van der Waals surface area contributed by atoms with Crippen molar-refractivity contribution in [3.8, 4) is 0 Å². The maximum atomic E-state index is 9.73. The molecule has 86 valence electrons. The molecule has 1 unspecified atom stereocenters. The van der Waals surface area contributed by atoms with E-state index in [1.807, 2.05) is 0 Å². The van der Waals surface area contributed by atoms with Crippen molar-refractivity contribution in [2.45, 2.75) is 71.5 Å². The average Bonchev–Trinajstić information content (AvgIpc) is 2.09. The molecule has 0 aromatic carbocycles. The SMILES string of the molecule is CCC(CC)CC(O)CCC(C)(C)O. The highest BCUT2D eigenvalue weighted by molar-refractivity contribution is 4.70. The van der Waals surface area contributed by atoms with Crippen LogP contribution in [0.4, 0.5) is 0 Å². The first kappa shape index (κ1) is 13.9. The molecule has 0 aromatic rings. The van der Waals surface area contributed by atoms with Gasteiger partial charge in [0.1, 0.15) is 0 Å². The molecule has 0 aliphatic carbocycles. The predicted octanol–water partition coefficient (Wildman–Crippen LogP) is 2.72. The Morgan fingerprint density at radius 1 is 1.14 bits per heavy atom. The van der Waals surface area contributed by atoms with E-state index in [0.717, 1.165) is 19.3 Å². The molecule has 0 spiro atoms. The second-order valence-corrected chi connectivity index (χ2v) is 4.92. The van der Waals surface area contributed by atoms with E-state index in [0.29, 0.717) is 18.8 Å². The van der Waals surface area contributed by atoms with Crippen LogP contribution in [0.1, 0.15) is 59.8 Å². The zero-order valence-corrected chi connectivity index (χ0v) is 10.1. The lowest BCUT2D eigenvalue weighted by atomic mass is 9.92. The van der Waals surface area contributed by atoms with Crippen molar-refractivity contribution in [3.05, 3.63) is 0 Å². The quantitative estimate of drug-likeness (QED) is 0.666. The summed E-state index contributed by atoms with van der Waals surface area (Å²) < 4.78 is 0. The van der Waals surface area contributed by atoms with E-state index < -0.39 is 5.60 Å². The Hall–Kier alpha value is -0.0800. The third-order valence-electron chi connectivity index (χ3n) is 2.85. The van der Waals surface area contributed by atoms with Gasteiger partial charge in [0.2, 0.25) is 0 Å². The first-order valence-corrected chi connectivity index (χ1v) is 5.79. The minimum atomic E-state index is -0.644. The fraction of sp³-hybridized carbons (Fsp3) is 1.00. The first-order valence-electron chi connectivity index (χ1n) is 5.79. The van der Waals surface area contributed by atoms with Crippen LogP contribution in [0.5, 0.6) is 0 Å². The topological polar surface area (TPSA) is 40.5 Å². The molecule has 0 aromatic heterocycles. The van der Waals surface area contributed by atoms with Crippen molar-refractivity contribution in [2.24, 2.45) is 5.92 Å². The fourth-order valence-corrected chi connectivity index (χ4v) is 1.64. The molecule has 2 heteroatoms. The summed E-state index contributed by atoms with van der Waals surface area (Å²) in [6, 6.07) is 0. The predicted molar refractivity (Wildman–Crippen MR) is 60.2 cm³/mol. The molecule has 1 atom stereocenters. The molecule has 0 aliphatic rings. The van der Waals surface area contributed by atoms with Crippen molar-refractivity contribution < 1.29 is 10.2 Å². The van der Waals surface area contributed by atoms with Crippen LogP contribution in [0.25, 0.3) is 0 Å². The molecule has 0 rings (SSSR count). The van der Waals surface area contributed by atoms with Gasteiger partial charge in [-0.15, -0.1) is 0 Å². The third kappa shape index (κ3) is 7.34. The van der Waals surface area contributed by atoms with Gasteiger partial charge in [-0.25, -0.2) is 0 Å². The normalized spacial score (nSPS) is 14.8. The lowest BCUT2D eigenvalue weighted by Gasteiger charge is -2.21. The highest BCUT2D eigenvalue weighted by atomic mass is 16.3. The van der Waals surface area contributed by atoms with E-state index in [9.17, 15) is 10.2 Å². The Morgan fingerprint density at radius 2 is 1.64 bits per heavy atom. The summed E-state index contributed by atoms with van der Waals surface area (Å²) in [5.41, 5.74) is -0.644. The van der Waals surface area contributed by atoms with Crippen LogP contribution in [0.3, 0.4) is 0 Å². The monoisotopic (exact) mass is 202 g/mol. The van der Waals surface area contributed by atoms with Gasteiger partial charge in [0.25, 0.3) is 0 Å². The zero-order valence-electron chi connectivity index (χ0n) is 10.1. The van der Waals surface area contributed by atoms with Crippen molar-refractivity contribution >= 4 is 0 Å².